The van der Waals surface area contributed by atoms with Crippen molar-refractivity contribution in [3.8, 4) is 0 Å². The van der Waals surface area contributed by atoms with Crippen molar-refractivity contribution in [2.45, 2.75) is 32.0 Å². The van der Waals surface area contributed by atoms with Crippen molar-refractivity contribution in [1.29, 1.82) is 0 Å². The summed E-state index contributed by atoms with van der Waals surface area (Å²) in [4.78, 5) is 28.6. The van der Waals surface area contributed by atoms with E-state index < -0.39 is 29.2 Å². The van der Waals surface area contributed by atoms with Crippen molar-refractivity contribution in [1.82, 2.24) is 20.4 Å². The molecule has 0 saturated carbocycles. The summed E-state index contributed by atoms with van der Waals surface area (Å²) in [5.74, 6) is -1.13. The molecule has 11 heteroatoms. The number of rotatable bonds is 6. The molecule has 2 heterocycles. The van der Waals surface area contributed by atoms with Gasteiger partial charge in [0.2, 0.25) is 0 Å². The third-order valence-electron chi connectivity index (χ3n) is 5.31. The fourth-order valence-electron chi connectivity index (χ4n) is 3.55. The number of nitrogens with one attached hydrogen (secondary N) is 1. The van der Waals surface area contributed by atoms with Gasteiger partial charge in [0.25, 0.3) is 11.8 Å². The molecule has 0 radical (unpaired) electrons. The van der Waals surface area contributed by atoms with Crippen LogP contribution >= 0.6 is 0 Å². The Morgan fingerprint density at radius 1 is 1.09 bits per heavy atom. The van der Waals surface area contributed by atoms with Gasteiger partial charge < -0.3 is 20.2 Å². The van der Waals surface area contributed by atoms with Crippen LogP contribution in [0, 0.1) is 0 Å². The molecule has 2 amide bonds. The number of hydrogen-bond donors (Lipinski definition) is 2. The molecular weight excluding hydrogens is 439 g/mol. The Hall–Kier alpha value is -3.21. The summed E-state index contributed by atoms with van der Waals surface area (Å²) in [5, 5.41) is 20.2. The van der Waals surface area contributed by atoms with E-state index in [2.05, 4.69) is 15.5 Å². The van der Waals surface area contributed by atoms with Crippen LogP contribution in [-0.4, -0.2) is 70.3 Å². The summed E-state index contributed by atoms with van der Waals surface area (Å²) < 4.78 is 39.9. The molecule has 1 fully saturated rings. The molecule has 1 aromatic heterocycles. The van der Waals surface area contributed by atoms with Crippen molar-refractivity contribution in [2.75, 3.05) is 37.6 Å². The SMILES string of the molecule is CC(C)(O)CCNC(=O)c1nnccc1N1CCN(C(=O)c2ccccc2C(F)(F)F)CC1. The largest absolute Gasteiger partial charge is 0.417 e. The van der Waals surface area contributed by atoms with Gasteiger partial charge in [0.05, 0.1) is 28.6 Å². The summed E-state index contributed by atoms with van der Waals surface area (Å²) in [6.07, 6.45) is -2.82. The van der Waals surface area contributed by atoms with Crippen LogP contribution in [0.25, 0.3) is 0 Å². The van der Waals surface area contributed by atoms with Crippen molar-refractivity contribution in [3.63, 3.8) is 0 Å². The second-order valence-corrected chi connectivity index (χ2v) is 8.41. The number of alkyl halides is 3. The maximum atomic E-state index is 13.3. The van der Waals surface area contributed by atoms with Gasteiger partial charge >= 0.3 is 6.18 Å². The molecule has 1 aliphatic heterocycles. The lowest BCUT2D eigenvalue weighted by atomic mass is 10.1. The Balaban J connectivity index is 1.68. The minimum absolute atomic E-state index is 0.107. The zero-order valence-electron chi connectivity index (χ0n) is 18.4. The minimum Gasteiger partial charge on any atom is -0.390 e. The molecule has 0 atom stereocenters. The van der Waals surface area contributed by atoms with Gasteiger partial charge in [-0.1, -0.05) is 12.1 Å². The van der Waals surface area contributed by atoms with Crippen LogP contribution in [0.4, 0.5) is 18.9 Å². The predicted molar refractivity (Wildman–Crippen MR) is 115 cm³/mol. The Morgan fingerprint density at radius 2 is 1.76 bits per heavy atom. The van der Waals surface area contributed by atoms with Gasteiger partial charge in [-0.2, -0.15) is 18.3 Å². The molecule has 0 bridgehead atoms. The van der Waals surface area contributed by atoms with Gasteiger partial charge in [0.15, 0.2) is 5.69 Å². The molecule has 3 rings (SSSR count). The van der Waals surface area contributed by atoms with Gasteiger partial charge in [0.1, 0.15) is 0 Å². The van der Waals surface area contributed by atoms with E-state index in [4.69, 9.17) is 0 Å². The topological polar surface area (TPSA) is 98.7 Å². The number of aromatic nitrogens is 2. The van der Waals surface area contributed by atoms with Gasteiger partial charge in [0, 0.05) is 32.7 Å². The number of carbonyl (C=O) groups is 2. The van der Waals surface area contributed by atoms with Crippen LogP contribution in [0.5, 0.6) is 0 Å². The Kier molecular flexibility index (Phi) is 7.21. The lowest BCUT2D eigenvalue weighted by Crippen LogP contribution is -2.49. The molecule has 0 unspecified atom stereocenters. The lowest BCUT2D eigenvalue weighted by Gasteiger charge is -2.36. The summed E-state index contributed by atoms with van der Waals surface area (Å²) in [5.41, 5.74) is -1.63. The molecule has 178 valence electrons. The monoisotopic (exact) mass is 465 g/mol. The smallest absolute Gasteiger partial charge is 0.390 e. The third kappa shape index (κ3) is 6.19. The lowest BCUT2D eigenvalue weighted by molar-refractivity contribution is -0.138. The van der Waals surface area contributed by atoms with Gasteiger partial charge in [-0.05, 0) is 38.5 Å². The van der Waals surface area contributed by atoms with Gasteiger partial charge in [-0.25, -0.2) is 0 Å². The molecule has 0 spiro atoms. The number of hydrogen-bond acceptors (Lipinski definition) is 6. The highest BCUT2D eigenvalue weighted by Gasteiger charge is 2.36. The van der Waals surface area contributed by atoms with Crippen molar-refractivity contribution < 1.29 is 27.9 Å². The first-order valence-corrected chi connectivity index (χ1v) is 10.5. The Labute approximate surface area is 189 Å². The molecule has 2 aromatic rings. The van der Waals surface area contributed by atoms with E-state index in [9.17, 15) is 27.9 Å². The number of halogens is 3. The standard InChI is InChI=1S/C22H26F3N5O3/c1-21(2,33)8-10-26-19(31)18-17(7-9-27-28-18)29-11-13-30(14-12-29)20(32)15-5-3-4-6-16(15)22(23,24)25/h3-7,9,33H,8,10-14H2,1-2H3,(H,26,31). The second-order valence-electron chi connectivity index (χ2n) is 8.41. The Morgan fingerprint density at radius 3 is 2.39 bits per heavy atom. The zero-order chi connectivity index (χ0) is 24.2. The number of amides is 2. The molecule has 1 aromatic carbocycles. The number of benzene rings is 1. The fraction of sp³-hybridized carbons (Fsp3) is 0.455. The van der Waals surface area contributed by atoms with Gasteiger partial charge in [-0.15, -0.1) is 5.10 Å². The predicted octanol–water partition coefficient (Wildman–Crippen LogP) is 2.35. The maximum Gasteiger partial charge on any atom is 0.417 e. The number of anilines is 1. The molecule has 33 heavy (non-hydrogen) atoms. The normalized spacial score (nSPS) is 14.8. The van der Waals surface area contributed by atoms with Crippen molar-refractivity contribution >= 4 is 17.5 Å². The van der Waals surface area contributed by atoms with Crippen molar-refractivity contribution in [3.05, 3.63) is 53.3 Å². The minimum atomic E-state index is -4.62. The molecule has 1 aliphatic rings. The van der Waals surface area contributed by atoms with E-state index in [1.165, 1.54) is 29.3 Å². The quantitative estimate of drug-likeness (QED) is 0.680. The number of carbonyl (C=O) groups excluding carboxylic acids is 2. The summed E-state index contributed by atoms with van der Waals surface area (Å²) >= 11 is 0. The van der Waals surface area contributed by atoms with E-state index in [1.807, 2.05) is 4.90 Å². The van der Waals surface area contributed by atoms with Crippen LogP contribution in [0.2, 0.25) is 0 Å². The summed E-state index contributed by atoms with van der Waals surface area (Å²) in [7, 11) is 0. The van der Waals surface area contributed by atoms with Crippen molar-refractivity contribution in [2.24, 2.45) is 0 Å². The first-order valence-electron chi connectivity index (χ1n) is 10.5. The highest BCUT2D eigenvalue weighted by Crippen LogP contribution is 2.32. The van der Waals surface area contributed by atoms with E-state index in [0.29, 0.717) is 25.2 Å². The molecule has 8 nitrogen and oxygen atoms in total. The van der Waals surface area contributed by atoms with E-state index >= 15 is 0 Å². The first-order chi connectivity index (χ1) is 15.5. The second kappa shape index (κ2) is 9.74. The van der Waals surface area contributed by atoms with Gasteiger partial charge in [-0.3, -0.25) is 9.59 Å². The fourth-order valence-corrected chi connectivity index (χ4v) is 3.55. The van der Waals surface area contributed by atoms with Crippen LogP contribution in [0.15, 0.2) is 36.5 Å². The van der Waals surface area contributed by atoms with Crippen LogP contribution in [0.1, 0.15) is 46.7 Å². The molecule has 1 saturated heterocycles. The van der Waals surface area contributed by atoms with E-state index in [0.717, 1.165) is 6.07 Å². The highest BCUT2D eigenvalue weighted by molar-refractivity contribution is 5.98. The van der Waals surface area contributed by atoms with E-state index in [1.54, 1.807) is 19.9 Å². The van der Waals surface area contributed by atoms with Crippen LogP contribution < -0.4 is 10.2 Å². The molecule has 2 N–H and O–H groups in total. The molecule has 0 aliphatic carbocycles. The highest BCUT2D eigenvalue weighted by atomic mass is 19.4. The van der Waals surface area contributed by atoms with Crippen LogP contribution in [-0.2, 0) is 6.18 Å². The number of nitrogens with zero attached hydrogens (tertiary/aromatic N) is 4. The summed E-state index contributed by atoms with van der Waals surface area (Å²) in [6, 6.07) is 6.37. The maximum absolute atomic E-state index is 13.3. The first kappa shape index (κ1) is 24.4. The Bertz CT molecular complexity index is 999. The summed E-state index contributed by atoms with van der Waals surface area (Å²) in [6.45, 7) is 4.53. The zero-order valence-corrected chi connectivity index (χ0v) is 18.4. The van der Waals surface area contributed by atoms with Crippen LogP contribution in [0.3, 0.4) is 0 Å². The number of aliphatic hydroxyl groups is 1. The van der Waals surface area contributed by atoms with E-state index in [-0.39, 0.29) is 30.9 Å². The average molecular weight is 465 g/mol. The third-order valence-corrected chi connectivity index (χ3v) is 5.31. The average Bonchev–Trinajstić information content (AvgIpc) is 2.77. The molecular formula is C22H26F3N5O3. The number of piperazine rings is 1.